The Morgan fingerprint density at radius 1 is 1.10 bits per heavy atom. The second-order valence-corrected chi connectivity index (χ2v) is 5.99. The summed E-state index contributed by atoms with van der Waals surface area (Å²) in [5, 5.41) is 4.46. The van der Waals surface area contributed by atoms with Crippen LogP contribution in [-0.4, -0.2) is 12.6 Å². The summed E-state index contributed by atoms with van der Waals surface area (Å²) >= 11 is 6.28. The minimum absolute atomic E-state index is 0.468. The summed E-state index contributed by atoms with van der Waals surface area (Å²) in [6.07, 6.45) is 3.21. The van der Waals surface area contributed by atoms with E-state index in [0.29, 0.717) is 6.04 Å². The minimum Gasteiger partial charge on any atom is -0.314 e. The first kappa shape index (κ1) is 16.1. The lowest BCUT2D eigenvalue weighted by Gasteiger charge is -2.19. The third-order valence-corrected chi connectivity index (χ3v) is 4.15. The monoisotopic (exact) mass is 301 g/mol. The second kappa shape index (κ2) is 8.21. The quantitative estimate of drug-likeness (QED) is 0.774. The van der Waals surface area contributed by atoms with E-state index in [1.54, 1.807) is 0 Å². The first-order valence-corrected chi connectivity index (χ1v) is 8.09. The van der Waals surface area contributed by atoms with E-state index in [4.69, 9.17) is 11.6 Å². The Kier molecular flexibility index (Phi) is 6.28. The van der Waals surface area contributed by atoms with E-state index in [-0.39, 0.29) is 0 Å². The van der Waals surface area contributed by atoms with Crippen LogP contribution in [0.25, 0.3) is 0 Å². The molecule has 0 aromatic heterocycles. The molecule has 0 aliphatic heterocycles. The molecule has 0 spiro atoms. The van der Waals surface area contributed by atoms with E-state index in [1.807, 2.05) is 12.1 Å². The van der Waals surface area contributed by atoms with Gasteiger partial charge >= 0.3 is 0 Å². The maximum absolute atomic E-state index is 6.28. The average Bonchev–Trinajstić information content (AvgIpc) is 2.47. The van der Waals surface area contributed by atoms with Crippen LogP contribution in [0.3, 0.4) is 0 Å². The summed E-state index contributed by atoms with van der Waals surface area (Å²) in [6.45, 7) is 5.30. The summed E-state index contributed by atoms with van der Waals surface area (Å²) in [4.78, 5) is 0. The molecule has 0 bridgehead atoms. The zero-order valence-corrected chi connectivity index (χ0v) is 13.7. The van der Waals surface area contributed by atoms with Crippen LogP contribution in [0.15, 0.2) is 48.5 Å². The smallest absolute Gasteiger partial charge is 0.0438 e. The first-order valence-electron chi connectivity index (χ1n) is 7.71. The molecule has 0 amide bonds. The Morgan fingerprint density at radius 2 is 1.90 bits per heavy atom. The van der Waals surface area contributed by atoms with Crippen LogP contribution in [0, 0.1) is 6.92 Å². The molecule has 2 aromatic carbocycles. The van der Waals surface area contributed by atoms with Crippen molar-refractivity contribution in [2.75, 3.05) is 6.54 Å². The summed E-state index contributed by atoms with van der Waals surface area (Å²) in [7, 11) is 0. The van der Waals surface area contributed by atoms with E-state index >= 15 is 0 Å². The number of halogens is 1. The third-order valence-electron chi connectivity index (χ3n) is 3.78. The highest BCUT2D eigenvalue weighted by atomic mass is 35.5. The summed E-state index contributed by atoms with van der Waals surface area (Å²) < 4.78 is 0. The van der Waals surface area contributed by atoms with Gasteiger partial charge in [-0.2, -0.15) is 0 Å². The standard InChI is InChI=1S/C19H24ClN/c1-3-21-18(14-17-9-4-5-10-19(17)20)12-11-16-8-6-7-15(2)13-16/h4-10,13,18,21H,3,11-12,14H2,1-2H3. The molecular weight excluding hydrogens is 278 g/mol. The van der Waals surface area contributed by atoms with Crippen molar-refractivity contribution >= 4 is 11.6 Å². The van der Waals surface area contributed by atoms with Gasteiger partial charge in [-0.1, -0.05) is 66.6 Å². The van der Waals surface area contributed by atoms with Gasteiger partial charge in [-0.25, -0.2) is 0 Å². The molecule has 0 aliphatic rings. The van der Waals surface area contributed by atoms with Crippen LogP contribution in [0.2, 0.25) is 5.02 Å². The highest BCUT2D eigenvalue weighted by molar-refractivity contribution is 6.31. The number of nitrogens with one attached hydrogen (secondary N) is 1. The molecule has 0 saturated carbocycles. The molecule has 112 valence electrons. The fraction of sp³-hybridized carbons (Fsp3) is 0.368. The number of hydrogen-bond donors (Lipinski definition) is 1. The van der Waals surface area contributed by atoms with Crippen molar-refractivity contribution in [2.45, 2.75) is 39.2 Å². The van der Waals surface area contributed by atoms with Crippen LogP contribution >= 0.6 is 11.6 Å². The lowest BCUT2D eigenvalue weighted by atomic mass is 9.98. The normalized spacial score (nSPS) is 12.3. The van der Waals surface area contributed by atoms with Gasteiger partial charge in [-0.15, -0.1) is 0 Å². The van der Waals surface area contributed by atoms with Gasteiger partial charge in [0.25, 0.3) is 0 Å². The van der Waals surface area contributed by atoms with Gasteiger partial charge < -0.3 is 5.32 Å². The number of hydrogen-bond acceptors (Lipinski definition) is 1. The molecule has 2 rings (SSSR count). The average molecular weight is 302 g/mol. The Morgan fingerprint density at radius 3 is 2.62 bits per heavy atom. The Hall–Kier alpha value is -1.31. The summed E-state index contributed by atoms with van der Waals surface area (Å²) in [5.74, 6) is 0. The van der Waals surface area contributed by atoms with Crippen LogP contribution in [0.1, 0.15) is 30.0 Å². The molecule has 2 heteroatoms. The molecule has 0 radical (unpaired) electrons. The summed E-state index contributed by atoms with van der Waals surface area (Å²) in [5.41, 5.74) is 3.98. The minimum atomic E-state index is 0.468. The highest BCUT2D eigenvalue weighted by Gasteiger charge is 2.10. The molecular formula is C19H24ClN. The molecule has 21 heavy (non-hydrogen) atoms. The van der Waals surface area contributed by atoms with Gasteiger partial charge in [0.05, 0.1) is 0 Å². The van der Waals surface area contributed by atoms with Crippen molar-refractivity contribution in [3.8, 4) is 0 Å². The number of likely N-dealkylation sites (N-methyl/N-ethyl adjacent to an activating group) is 1. The molecule has 0 fully saturated rings. The van der Waals surface area contributed by atoms with Gasteiger partial charge in [0.2, 0.25) is 0 Å². The van der Waals surface area contributed by atoms with Crippen molar-refractivity contribution in [2.24, 2.45) is 0 Å². The van der Waals surface area contributed by atoms with E-state index < -0.39 is 0 Å². The predicted molar refractivity (Wildman–Crippen MR) is 92.1 cm³/mol. The van der Waals surface area contributed by atoms with Crippen molar-refractivity contribution in [1.82, 2.24) is 5.32 Å². The molecule has 0 heterocycles. The van der Waals surface area contributed by atoms with Gasteiger partial charge in [-0.3, -0.25) is 0 Å². The molecule has 0 saturated heterocycles. The van der Waals surface area contributed by atoms with E-state index in [9.17, 15) is 0 Å². The van der Waals surface area contributed by atoms with Crippen LogP contribution in [-0.2, 0) is 12.8 Å². The van der Waals surface area contributed by atoms with Crippen molar-refractivity contribution in [1.29, 1.82) is 0 Å². The summed E-state index contributed by atoms with van der Waals surface area (Å²) in [6, 6.07) is 17.4. The predicted octanol–water partition coefficient (Wildman–Crippen LogP) is 4.80. The maximum Gasteiger partial charge on any atom is 0.0438 e. The number of aryl methyl sites for hydroxylation is 2. The molecule has 1 unspecified atom stereocenters. The number of benzene rings is 2. The Bertz CT molecular complexity index is 565. The van der Waals surface area contributed by atoms with Crippen LogP contribution < -0.4 is 5.32 Å². The fourth-order valence-electron chi connectivity index (χ4n) is 2.70. The molecule has 0 aliphatic carbocycles. The second-order valence-electron chi connectivity index (χ2n) is 5.58. The highest BCUT2D eigenvalue weighted by Crippen LogP contribution is 2.18. The van der Waals surface area contributed by atoms with Gasteiger partial charge in [0.1, 0.15) is 0 Å². The van der Waals surface area contributed by atoms with E-state index in [1.165, 1.54) is 16.7 Å². The SMILES string of the molecule is CCNC(CCc1cccc(C)c1)Cc1ccccc1Cl. The lowest BCUT2D eigenvalue weighted by molar-refractivity contribution is 0.491. The van der Waals surface area contributed by atoms with Crippen molar-refractivity contribution < 1.29 is 0 Å². The topological polar surface area (TPSA) is 12.0 Å². The Labute approximate surface area is 133 Å². The van der Waals surface area contributed by atoms with Gasteiger partial charge in [0.15, 0.2) is 0 Å². The fourth-order valence-corrected chi connectivity index (χ4v) is 2.92. The van der Waals surface area contributed by atoms with E-state index in [2.05, 4.69) is 55.6 Å². The van der Waals surface area contributed by atoms with Gasteiger partial charge in [-0.05, 0) is 49.9 Å². The van der Waals surface area contributed by atoms with Crippen molar-refractivity contribution in [3.63, 3.8) is 0 Å². The van der Waals surface area contributed by atoms with Crippen molar-refractivity contribution in [3.05, 3.63) is 70.2 Å². The third kappa shape index (κ3) is 5.18. The maximum atomic E-state index is 6.28. The van der Waals surface area contributed by atoms with Crippen LogP contribution in [0.4, 0.5) is 0 Å². The number of rotatable bonds is 7. The Balaban J connectivity index is 1.97. The molecule has 2 aromatic rings. The molecule has 1 atom stereocenters. The largest absolute Gasteiger partial charge is 0.314 e. The molecule has 1 N–H and O–H groups in total. The first-order chi connectivity index (χ1) is 10.2. The zero-order valence-electron chi connectivity index (χ0n) is 12.9. The van der Waals surface area contributed by atoms with E-state index in [0.717, 1.165) is 30.8 Å². The van der Waals surface area contributed by atoms with Gasteiger partial charge in [0, 0.05) is 11.1 Å². The zero-order chi connectivity index (χ0) is 15.1. The van der Waals surface area contributed by atoms with Crippen LogP contribution in [0.5, 0.6) is 0 Å². The lowest BCUT2D eigenvalue weighted by Crippen LogP contribution is -2.31. The molecule has 1 nitrogen and oxygen atoms in total.